The van der Waals surface area contributed by atoms with Crippen molar-refractivity contribution in [3.8, 4) is 11.5 Å². The molecule has 0 radical (unpaired) electrons. The fraction of sp³-hybridized carbons (Fsp3) is 0.222. The molecule has 3 aromatic rings. The van der Waals surface area contributed by atoms with Gasteiger partial charge in [-0.3, -0.25) is 0 Å². The summed E-state index contributed by atoms with van der Waals surface area (Å²) in [6, 6.07) is 13.6. The highest BCUT2D eigenvalue weighted by Crippen LogP contribution is 2.27. The number of benzene rings is 2. The monoisotopic (exact) mass is 324 g/mol. The molecule has 1 heterocycles. The lowest BCUT2D eigenvalue weighted by atomic mass is 10.2. The molecule has 0 spiro atoms. The van der Waals surface area contributed by atoms with E-state index in [1.807, 2.05) is 61.0 Å². The van der Waals surface area contributed by atoms with Gasteiger partial charge in [0.1, 0.15) is 0 Å². The molecule has 0 amide bonds. The third-order valence-electron chi connectivity index (χ3n) is 3.65. The normalized spacial score (nSPS) is 11.1. The van der Waals surface area contributed by atoms with Gasteiger partial charge in [0, 0.05) is 7.05 Å². The first-order valence-corrected chi connectivity index (χ1v) is 7.74. The molecule has 3 rings (SSSR count). The summed E-state index contributed by atoms with van der Waals surface area (Å²) in [5.41, 5.74) is 5.87. The number of hydrogen-bond donors (Lipinski definition) is 1. The predicted molar refractivity (Wildman–Crippen MR) is 96.1 cm³/mol. The molecule has 0 atom stereocenters. The maximum absolute atomic E-state index is 5.57. The average Bonchev–Trinajstić information content (AvgIpc) is 2.92. The molecule has 0 fully saturated rings. The van der Waals surface area contributed by atoms with Gasteiger partial charge in [-0.15, -0.1) is 0 Å². The van der Waals surface area contributed by atoms with Gasteiger partial charge >= 0.3 is 0 Å². The van der Waals surface area contributed by atoms with Crippen LogP contribution in [0.4, 0.5) is 5.95 Å². The summed E-state index contributed by atoms with van der Waals surface area (Å²) in [7, 11) is 3.58. The van der Waals surface area contributed by atoms with Gasteiger partial charge in [0.15, 0.2) is 11.5 Å². The summed E-state index contributed by atoms with van der Waals surface area (Å²) >= 11 is 0. The number of para-hydroxylation sites is 2. The van der Waals surface area contributed by atoms with E-state index in [4.69, 9.17) is 9.47 Å². The van der Waals surface area contributed by atoms with E-state index in [1.165, 1.54) is 0 Å². The number of aromatic nitrogens is 2. The van der Waals surface area contributed by atoms with Crippen LogP contribution in [0.15, 0.2) is 47.6 Å². The Balaban J connectivity index is 1.78. The van der Waals surface area contributed by atoms with E-state index >= 15 is 0 Å². The summed E-state index contributed by atoms with van der Waals surface area (Å²) in [4.78, 5) is 4.51. The molecule has 1 aromatic heterocycles. The molecule has 2 aromatic carbocycles. The molecule has 0 aliphatic carbocycles. The quantitative estimate of drug-likeness (QED) is 0.557. The number of aryl methyl sites for hydroxylation is 1. The van der Waals surface area contributed by atoms with E-state index in [0.29, 0.717) is 24.1 Å². The molecule has 0 aliphatic heterocycles. The van der Waals surface area contributed by atoms with Crippen LogP contribution in [0, 0.1) is 0 Å². The molecule has 0 bridgehead atoms. The van der Waals surface area contributed by atoms with Crippen molar-refractivity contribution in [2.75, 3.05) is 19.1 Å². The fourth-order valence-electron chi connectivity index (χ4n) is 2.45. The van der Waals surface area contributed by atoms with Crippen molar-refractivity contribution in [1.82, 2.24) is 9.55 Å². The van der Waals surface area contributed by atoms with Gasteiger partial charge in [-0.1, -0.05) is 12.1 Å². The molecule has 0 saturated carbocycles. The van der Waals surface area contributed by atoms with Crippen LogP contribution in [0.1, 0.15) is 12.5 Å². The smallest absolute Gasteiger partial charge is 0.224 e. The van der Waals surface area contributed by atoms with E-state index in [9.17, 15) is 0 Å². The first-order valence-electron chi connectivity index (χ1n) is 7.74. The minimum absolute atomic E-state index is 0.578. The molecule has 1 N–H and O–H groups in total. The van der Waals surface area contributed by atoms with Crippen molar-refractivity contribution in [3.05, 3.63) is 48.0 Å². The number of methoxy groups -OCH3 is 1. The average molecular weight is 324 g/mol. The van der Waals surface area contributed by atoms with Gasteiger partial charge in [0.2, 0.25) is 5.95 Å². The topological polar surface area (TPSA) is 60.7 Å². The van der Waals surface area contributed by atoms with Gasteiger partial charge in [-0.25, -0.2) is 10.4 Å². The minimum Gasteiger partial charge on any atom is -0.493 e. The van der Waals surface area contributed by atoms with Crippen molar-refractivity contribution in [1.29, 1.82) is 0 Å². The Kier molecular flexibility index (Phi) is 4.65. The van der Waals surface area contributed by atoms with Crippen molar-refractivity contribution in [2.24, 2.45) is 12.1 Å². The first-order chi connectivity index (χ1) is 11.7. The third-order valence-corrected chi connectivity index (χ3v) is 3.65. The number of nitrogens with one attached hydrogen (secondary N) is 1. The number of hydrazone groups is 1. The Morgan fingerprint density at radius 1 is 1.21 bits per heavy atom. The summed E-state index contributed by atoms with van der Waals surface area (Å²) in [6.45, 7) is 2.52. The molecule has 6 heteroatoms. The summed E-state index contributed by atoms with van der Waals surface area (Å²) in [6.07, 6.45) is 1.72. The number of anilines is 1. The Morgan fingerprint density at radius 3 is 2.79 bits per heavy atom. The maximum atomic E-state index is 5.57. The zero-order valence-corrected chi connectivity index (χ0v) is 14.0. The summed E-state index contributed by atoms with van der Waals surface area (Å²) < 4.78 is 12.8. The van der Waals surface area contributed by atoms with Gasteiger partial charge in [-0.2, -0.15) is 5.10 Å². The van der Waals surface area contributed by atoms with Crippen molar-refractivity contribution in [3.63, 3.8) is 0 Å². The van der Waals surface area contributed by atoms with Crippen LogP contribution in [0.5, 0.6) is 11.5 Å². The van der Waals surface area contributed by atoms with Gasteiger partial charge in [0.25, 0.3) is 0 Å². The van der Waals surface area contributed by atoms with Gasteiger partial charge in [-0.05, 0) is 42.8 Å². The zero-order valence-electron chi connectivity index (χ0n) is 14.0. The van der Waals surface area contributed by atoms with E-state index in [-0.39, 0.29) is 0 Å². The zero-order chi connectivity index (χ0) is 16.9. The lowest BCUT2D eigenvalue weighted by Crippen LogP contribution is -1.99. The van der Waals surface area contributed by atoms with Gasteiger partial charge in [0.05, 0.1) is 31.0 Å². The minimum atomic E-state index is 0.578. The Bertz CT molecular complexity index is 871. The number of rotatable bonds is 6. The molecule has 124 valence electrons. The SMILES string of the molecule is CCOc1cc(/C=N\Nc2nc3ccccc3n2C)ccc1OC. The standard InChI is InChI=1S/C18H20N4O2/c1-4-24-17-11-13(9-10-16(17)23-3)12-19-21-18-20-14-7-5-6-8-15(14)22(18)2/h5-12H,4H2,1-3H3,(H,20,21)/b19-12-. The molecule has 6 nitrogen and oxygen atoms in total. The Labute approximate surface area is 140 Å². The highest BCUT2D eigenvalue weighted by molar-refractivity contribution is 5.82. The fourth-order valence-corrected chi connectivity index (χ4v) is 2.45. The molecular formula is C18H20N4O2. The molecular weight excluding hydrogens is 304 g/mol. The molecule has 0 unspecified atom stereocenters. The van der Waals surface area contributed by atoms with Crippen molar-refractivity contribution >= 4 is 23.2 Å². The lowest BCUT2D eigenvalue weighted by Gasteiger charge is -2.09. The highest BCUT2D eigenvalue weighted by atomic mass is 16.5. The predicted octanol–water partition coefficient (Wildman–Crippen LogP) is 3.43. The number of ether oxygens (including phenoxy) is 2. The summed E-state index contributed by atoms with van der Waals surface area (Å²) in [5.74, 6) is 2.09. The maximum Gasteiger partial charge on any atom is 0.224 e. The second kappa shape index (κ2) is 7.04. The van der Waals surface area contributed by atoms with E-state index in [1.54, 1.807) is 13.3 Å². The largest absolute Gasteiger partial charge is 0.493 e. The number of imidazole rings is 1. The second-order valence-corrected chi connectivity index (χ2v) is 5.20. The lowest BCUT2D eigenvalue weighted by molar-refractivity contribution is 0.311. The highest BCUT2D eigenvalue weighted by Gasteiger charge is 2.06. The van der Waals surface area contributed by atoms with Crippen LogP contribution in [0.3, 0.4) is 0 Å². The van der Waals surface area contributed by atoms with Crippen molar-refractivity contribution in [2.45, 2.75) is 6.92 Å². The van der Waals surface area contributed by atoms with Crippen LogP contribution >= 0.6 is 0 Å². The third kappa shape index (κ3) is 3.17. The van der Waals surface area contributed by atoms with E-state index < -0.39 is 0 Å². The molecule has 0 saturated heterocycles. The number of nitrogens with zero attached hydrogens (tertiary/aromatic N) is 3. The van der Waals surface area contributed by atoms with Gasteiger partial charge < -0.3 is 14.0 Å². The van der Waals surface area contributed by atoms with Crippen LogP contribution < -0.4 is 14.9 Å². The van der Waals surface area contributed by atoms with E-state index in [0.717, 1.165) is 16.6 Å². The second-order valence-electron chi connectivity index (χ2n) is 5.20. The van der Waals surface area contributed by atoms with Crippen LogP contribution in [0.2, 0.25) is 0 Å². The summed E-state index contributed by atoms with van der Waals surface area (Å²) in [5, 5.41) is 4.27. The van der Waals surface area contributed by atoms with Crippen LogP contribution in [-0.4, -0.2) is 29.5 Å². The first kappa shape index (κ1) is 15.9. The van der Waals surface area contributed by atoms with Crippen LogP contribution in [0.25, 0.3) is 11.0 Å². The molecule has 24 heavy (non-hydrogen) atoms. The van der Waals surface area contributed by atoms with E-state index in [2.05, 4.69) is 15.5 Å². The number of fused-ring (bicyclic) bond motifs is 1. The Hall–Kier alpha value is -3.02. The Morgan fingerprint density at radius 2 is 2.04 bits per heavy atom. The number of hydrogen-bond acceptors (Lipinski definition) is 5. The molecule has 0 aliphatic rings. The van der Waals surface area contributed by atoms with Crippen LogP contribution in [-0.2, 0) is 7.05 Å². The van der Waals surface area contributed by atoms with Crippen molar-refractivity contribution < 1.29 is 9.47 Å².